The van der Waals surface area contributed by atoms with Gasteiger partial charge in [-0.05, 0) is 54.8 Å². The number of para-hydroxylation sites is 1. The molecule has 134 valence electrons. The van der Waals surface area contributed by atoms with Crippen LogP contribution in [0.15, 0.2) is 48.7 Å². The topological polar surface area (TPSA) is 52.8 Å². The molecule has 0 radical (unpaired) electrons. The fourth-order valence-electron chi connectivity index (χ4n) is 4.11. The van der Waals surface area contributed by atoms with Crippen LogP contribution in [-0.4, -0.2) is 23.6 Å². The van der Waals surface area contributed by atoms with Crippen molar-refractivity contribution in [3.05, 3.63) is 65.5 Å². The van der Waals surface area contributed by atoms with Crippen molar-refractivity contribution in [3.8, 4) is 5.75 Å². The van der Waals surface area contributed by atoms with Crippen LogP contribution in [0.2, 0.25) is 0 Å². The smallest absolute Gasteiger partial charge is 0.119 e. The molecule has 0 bridgehead atoms. The van der Waals surface area contributed by atoms with E-state index >= 15 is 0 Å². The largest absolute Gasteiger partial charge is 0.497 e. The number of nitrogens with one attached hydrogen (secondary N) is 3. The highest BCUT2D eigenvalue weighted by atomic mass is 35.5. The molecule has 1 atom stereocenters. The van der Waals surface area contributed by atoms with E-state index in [1.54, 1.807) is 7.11 Å². The molecule has 4 nitrogen and oxygen atoms in total. The minimum atomic E-state index is 0. The first-order chi connectivity index (χ1) is 12.3. The molecular weight excluding hydrogens is 346 g/mol. The Morgan fingerprint density at radius 1 is 1.08 bits per heavy atom. The van der Waals surface area contributed by atoms with Gasteiger partial charge < -0.3 is 20.0 Å². The summed E-state index contributed by atoms with van der Waals surface area (Å²) >= 11 is 0. The molecule has 2 aromatic heterocycles. The van der Waals surface area contributed by atoms with Crippen LogP contribution in [0, 0.1) is 0 Å². The molecule has 1 aliphatic rings. The van der Waals surface area contributed by atoms with Crippen molar-refractivity contribution < 1.29 is 4.74 Å². The molecule has 0 saturated carbocycles. The van der Waals surface area contributed by atoms with Gasteiger partial charge >= 0.3 is 0 Å². The van der Waals surface area contributed by atoms with E-state index in [0.29, 0.717) is 6.04 Å². The number of ether oxygens (including phenoxy) is 1. The van der Waals surface area contributed by atoms with Crippen molar-refractivity contribution >= 4 is 34.2 Å². The zero-order chi connectivity index (χ0) is 16.8. The summed E-state index contributed by atoms with van der Waals surface area (Å²) in [5.74, 6) is 0.899. The second kappa shape index (κ2) is 6.71. The number of hydrogen-bond acceptors (Lipinski definition) is 2. The number of H-pyrrole nitrogens is 2. The van der Waals surface area contributed by atoms with Crippen molar-refractivity contribution in [1.82, 2.24) is 15.3 Å². The number of rotatable bonds is 3. The first-order valence-electron chi connectivity index (χ1n) is 8.80. The lowest BCUT2D eigenvalue weighted by Gasteiger charge is -2.24. The van der Waals surface area contributed by atoms with E-state index in [1.807, 2.05) is 6.07 Å². The molecule has 2 aromatic carbocycles. The van der Waals surface area contributed by atoms with Gasteiger partial charge in [0.05, 0.1) is 13.2 Å². The molecule has 0 amide bonds. The molecule has 5 rings (SSSR count). The van der Waals surface area contributed by atoms with Gasteiger partial charge in [-0.25, -0.2) is 0 Å². The number of fused-ring (bicyclic) bond motifs is 4. The van der Waals surface area contributed by atoms with Crippen molar-refractivity contribution in [2.24, 2.45) is 0 Å². The zero-order valence-electron chi connectivity index (χ0n) is 14.6. The lowest BCUT2D eigenvalue weighted by molar-refractivity contribution is 0.415. The van der Waals surface area contributed by atoms with Gasteiger partial charge in [-0.2, -0.15) is 0 Å². The Morgan fingerprint density at radius 3 is 2.85 bits per heavy atom. The maximum Gasteiger partial charge on any atom is 0.119 e. The molecule has 26 heavy (non-hydrogen) atoms. The van der Waals surface area contributed by atoms with Gasteiger partial charge in [-0.15, -0.1) is 12.4 Å². The molecule has 3 N–H and O–H groups in total. The molecule has 0 spiro atoms. The third-order valence-electron chi connectivity index (χ3n) is 5.36. The average Bonchev–Trinajstić information content (AvgIpc) is 3.23. The van der Waals surface area contributed by atoms with Crippen molar-refractivity contribution in [2.45, 2.75) is 18.9 Å². The lowest BCUT2D eigenvalue weighted by atomic mass is 9.94. The Hall–Kier alpha value is -2.43. The summed E-state index contributed by atoms with van der Waals surface area (Å²) < 4.78 is 5.40. The summed E-state index contributed by atoms with van der Waals surface area (Å²) in [6.45, 7) is 1.02. The zero-order valence-corrected chi connectivity index (χ0v) is 15.5. The normalized spacial score (nSPS) is 16.4. The van der Waals surface area contributed by atoms with E-state index in [9.17, 15) is 0 Å². The number of aromatic amines is 2. The molecule has 0 saturated heterocycles. The van der Waals surface area contributed by atoms with Gasteiger partial charge in [0.2, 0.25) is 0 Å². The Morgan fingerprint density at radius 2 is 1.96 bits per heavy atom. The van der Waals surface area contributed by atoms with Gasteiger partial charge in [0.1, 0.15) is 5.75 Å². The first kappa shape index (κ1) is 17.0. The van der Waals surface area contributed by atoms with Gasteiger partial charge in [0.15, 0.2) is 0 Å². The quantitative estimate of drug-likeness (QED) is 0.499. The van der Waals surface area contributed by atoms with Crippen LogP contribution < -0.4 is 10.1 Å². The summed E-state index contributed by atoms with van der Waals surface area (Å²) in [4.78, 5) is 7.04. The molecule has 0 aliphatic carbocycles. The number of methoxy groups -OCH3 is 1. The van der Waals surface area contributed by atoms with Crippen LogP contribution >= 0.6 is 12.4 Å². The summed E-state index contributed by atoms with van der Waals surface area (Å²) in [5.41, 5.74) is 6.52. The van der Waals surface area contributed by atoms with Gasteiger partial charge in [0, 0.05) is 33.7 Å². The monoisotopic (exact) mass is 367 g/mol. The maximum absolute atomic E-state index is 5.40. The SMILES string of the molecule is COc1ccc2[nH]cc(CC3NCCc4c3[nH]c3ccccc43)c2c1.Cl. The van der Waals surface area contributed by atoms with E-state index in [2.05, 4.69) is 57.9 Å². The van der Waals surface area contributed by atoms with E-state index in [0.717, 1.165) is 30.7 Å². The predicted molar refractivity (Wildman–Crippen MR) is 109 cm³/mol. The van der Waals surface area contributed by atoms with Gasteiger partial charge in [-0.1, -0.05) is 18.2 Å². The molecule has 1 unspecified atom stereocenters. The number of halogens is 1. The molecule has 0 fully saturated rings. The lowest BCUT2D eigenvalue weighted by Crippen LogP contribution is -2.31. The van der Waals surface area contributed by atoms with Crippen molar-refractivity contribution in [3.63, 3.8) is 0 Å². The Balaban J connectivity index is 0.00000168. The van der Waals surface area contributed by atoms with Crippen LogP contribution in [-0.2, 0) is 12.8 Å². The highest BCUT2D eigenvalue weighted by molar-refractivity contribution is 5.86. The van der Waals surface area contributed by atoms with Crippen LogP contribution in [0.4, 0.5) is 0 Å². The predicted octanol–water partition coefficient (Wildman–Crippen LogP) is 4.51. The Kier molecular flexibility index (Phi) is 4.39. The summed E-state index contributed by atoms with van der Waals surface area (Å²) in [5, 5.41) is 6.30. The standard InChI is InChI=1S/C21H21N3O.ClH/c1-25-14-6-7-18-17(11-14)13(12-23-18)10-20-21-16(8-9-22-20)15-4-2-3-5-19(15)24-21;/h2-7,11-12,20,22-24H,8-10H2,1H3;1H. The van der Waals surface area contributed by atoms with Crippen molar-refractivity contribution in [2.75, 3.05) is 13.7 Å². The number of aromatic nitrogens is 2. The fraction of sp³-hybridized carbons (Fsp3) is 0.238. The summed E-state index contributed by atoms with van der Waals surface area (Å²) in [7, 11) is 1.72. The van der Waals surface area contributed by atoms with E-state index in [1.165, 1.54) is 33.1 Å². The highest BCUT2D eigenvalue weighted by Crippen LogP contribution is 2.33. The Labute approximate surface area is 158 Å². The molecule has 3 heterocycles. The van der Waals surface area contributed by atoms with Crippen LogP contribution in [0.3, 0.4) is 0 Å². The first-order valence-corrected chi connectivity index (χ1v) is 8.80. The second-order valence-electron chi connectivity index (χ2n) is 6.75. The molecule has 4 aromatic rings. The molecule has 1 aliphatic heterocycles. The van der Waals surface area contributed by atoms with Gasteiger partial charge in [0.25, 0.3) is 0 Å². The third-order valence-corrected chi connectivity index (χ3v) is 5.36. The van der Waals surface area contributed by atoms with Crippen LogP contribution in [0.5, 0.6) is 5.75 Å². The highest BCUT2D eigenvalue weighted by Gasteiger charge is 2.24. The fourth-order valence-corrected chi connectivity index (χ4v) is 4.11. The Bertz CT molecular complexity index is 1070. The summed E-state index contributed by atoms with van der Waals surface area (Å²) in [6.07, 6.45) is 4.16. The van der Waals surface area contributed by atoms with Crippen LogP contribution in [0.25, 0.3) is 21.8 Å². The average molecular weight is 368 g/mol. The molecular formula is C21H22ClN3O. The molecule has 5 heteroatoms. The minimum absolute atomic E-state index is 0. The second-order valence-corrected chi connectivity index (χ2v) is 6.75. The van der Waals surface area contributed by atoms with Crippen LogP contribution in [0.1, 0.15) is 22.9 Å². The minimum Gasteiger partial charge on any atom is -0.497 e. The van der Waals surface area contributed by atoms with E-state index < -0.39 is 0 Å². The maximum atomic E-state index is 5.40. The number of benzene rings is 2. The summed E-state index contributed by atoms with van der Waals surface area (Å²) in [6, 6.07) is 15.1. The third kappa shape index (κ3) is 2.66. The van der Waals surface area contributed by atoms with Gasteiger partial charge in [-0.3, -0.25) is 0 Å². The van der Waals surface area contributed by atoms with E-state index in [-0.39, 0.29) is 12.4 Å². The van der Waals surface area contributed by atoms with Crippen molar-refractivity contribution in [1.29, 1.82) is 0 Å². The number of hydrogen-bond donors (Lipinski definition) is 3. The van der Waals surface area contributed by atoms with E-state index in [4.69, 9.17) is 4.74 Å².